The summed E-state index contributed by atoms with van der Waals surface area (Å²) >= 11 is 0. The van der Waals surface area contributed by atoms with Crippen molar-refractivity contribution < 1.29 is 12.8 Å². The standard InChI is InChI=1S/C15H16FNO2S/c1-2-13-5-3-4-6-15(13)17-20(18,19)11-12-7-9-14(16)10-8-12/h3-10,17H,2,11H2,1H3. The highest BCUT2D eigenvalue weighted by atomic mass is 32.2. The first-order valence-corrected chi connectivity index (χ1v) is 7.98. The molecule has 3 nitrogen and oxygen atoms in total. The molecule has 5 heteroatoms. The van der Waals surface area contributed by atoms with Crippen LogP contribution >= 0.6 is 0 Å². The van der Waals surface area contributed by atoms with E-state index in [4.69, 9.17) is 0 Å². The number of hydrogen-bond acceptors (Lipinski definition) is 2. The third-order valence-electron chi connectivity index (χ3n) is 2.93. The highest BCUT2D eigenvalue weighted by molar-refractivity contribution is 7.91. The first kappa shape index (κ1) is 14.5. The van der Waals surface area contributed by atoms with Crippen molar-refractivity contribution in [1.82, 2.24) is 0 Å². The van der Waals surface area contributed by atoms with Crippen LogP contribution in [0.25, 0.3) is 0 Å². The maximum atomic E-state index is 12.8. The molecule has 0 aromatic heterocycles. The van der Waals surface area contributed by atoms with Gasteiger partial charge in [-0.3, -0.25) is 4.72 Å². The molecule has 0 amide bonds. The first-order valence-electron chi connectivity index (χ1n) is 6.33. The van der Waals surface area contributed by atoms with Gasteiger partial charge < -0.3 is 0 Å². The quantitative estimate of drug-likeness (QED) is 0.919. The van der Waals surface area contributed by atoms with E-state index in [1.807, 2.05) is 19.1 Å². The van der Waals surface area contributed by atoms with Gasteiger partial charge in [0.1, 0.15) is 5.82 Å². The molecule has 0 spiro atoms. The van der Waals surface area contributed by atoms with E-state index in [-0.39, 0.29) is 11.6 Å². The summed E-state index contributed by atoms with van der Waals surface area (Å²) in [7, 11) is -3.51. The first-order chi connectivity index (χ1) is 9.50. The second-order valence-electron chi connectivity index (χ2n) is 4.50. The largest absolute Gasteiger partial charge is 0.283 e. The molecule has 0 unspecified atom stereocenters. The topological polar surface area (TPSA) is 46.2 Å². The van der Waals surface area contributed by atoms with E-state index >= 15 is 0 Å². The van der Waals surface area contributed by atoms with Crippen molar-refractivity contribution in [3.8, 4) is 0 Å². The van der Waals surface area contributed by atoms with Gasteiger partial charge in [0, 0.05) is 0 Å². The summed E-state index contributed by atoms with van der Waals surface area (Å²) in [4.78, 5) is 0. The Hall–Kier alpha value is -1.88. The summed E-state index contributed by atoms with van der Waals surface area (Å²) in [6.45, 7) is 1.97. The van der Waals surface area contributed by atoms with Crippen LogP contribution in [0.15, 0.2) is 48.5 Å². The number of halogens is 1. The highest BCUT2D eigenvalue weighted by Gasteiger charge is 2.13. The zero-order valence-electron chi connectivity index (χ0n) is 11.1. The molecule has 0 radical (unpaired) electrons. The third-order valence-corrected chi connectivity index (χ3v) is 4.18. The van der Waals surface area contributed by atoms with Gasteiger partial charge in [0.05, 0.1) is 11.4 Å². The predicted molar refractivity (Wildman–Crippen MR) is 78.5 cm³/mol. The Morgan fingerprint density at radius 1 is 1.05 bits per heavy atom. The Bertz CT molecular complexity index is 681. The van der Waals surface area contributed by atoms with Gasteiger partial charge in [-0.05, 0) is 35.7 Å². The minimum Gasteiger partial charge on any atom is -0.283 e. The van der Waals surface area contributed by atoms with Crippen molar-refractivity contribution in [2.75, 3.05) is 4.72 Å². The van der Waals surface area contributed by atoms with Crippen LogP contribution in [0.1, 0.15) is 18.1 Å². The summed E-state index contributed by atoms with van der Waals surface area (Å²) in [5.74, 6) is -0.554. The van der Waals surface area contributed by atoms with Gasteiger partial charge in [0.25, 0.3) is 0 Å². The number of nitrogens with one attached hydrogen (secondary N) is 1. The van der Waals surface area contributed by atoms with Gasteiger partial charge in [-0.1, -0.05) is 37.3 Å². The minimum absolute atomic E-state index is 0.175. The van der Waals surface area contributed by atoms with Crippen molar-refractivity contribution in [2.45, 2.75) is 19.1 Å². The van der Waals surface area contributed by atoms with Crippen molar-refractivity contribution >= 4 is 15.7 Å². The van der Waals surface area contributed by atoms with E-state index in [9.17, 15) is 12.8 Å². The second kappa shape index (κ2) is 6.05. The molecule has 106 valence electrons. The Labute approximate surface area is 118 Å². The maximum Gasteiger partial charge on any atom is 0.236 e. The molecule has 0 aliphatic carbocycles. The lowest BCUT2D eigenvalue weighted by Crippen LogP contribution is -2.16. The van der Waals surface area contributed by atoms with Crippen LogP contribution in [0.3, 0.4) is 0 Å². The van der Waals surface area contributed by atoms with Crippen LogP contribution in [-0.2, 0) is 22.2 Å². The molecule has 0 heterocycles. The lowest BCUT2D eigenvalue weighted by molar-refractivity contribution is 0.600. The third kappa shape index (κ3) is 3.81. The summed E-state index contributed by atoms with van der Waals surface area (Å²) in [6, 6.07) is 12.7. The van der Waals surface area contributed by atoms with Gasteiger partial charge in [-0.15, -0.1) is 0 Å². The molecule has 0 bridgehead atoms. The van der Waals surface area contributed by atoms with Crippen molar-refractivity contribution in [3.63, 3.8) is 0 Å². The molecule has 2 aromatic carbocycles. The van der Waals surface area contributed by atoms with Crippen LogP contribution in [0.4, 0.5) is 10.1 Å². The molecule has 0 saturated carbocycles. The van der Waals surface area contributed by atoms with Crippen LogP contribution < -0.4 is 4.72 Å². The Morgan fingerprint density at radius 3 is 2.35 bits per heavy atom. The van der Waals surface area contributed by atoms with E-state index in [1.54, 1.807) is 12.1 Å². The van der Waals surface area contributed by atoms with E-state index in [1.165, 1.54) is 24.3 Å². The zero-order valence-corrected chi connectivity index (χ0v) is 12.0. The maximum absolute atomic E-state index is 12.8. The fourth-order valence-corrected chi connectivity index (χ4v) is 3.17. The minimum atomic E-state index is -3.51. The molecule has 0 saturated heterocycles. The average Bonchev–Trinajstić information content (AvgIpc) is 2.41. The van der Waals surface area contributed by atoms with Crippen LogP contribution in [0.5, 0.6) is 0 Å². The van der Waals surface area contributed by atoms with E-state index < -0.39 is 10.0 Å². The number of hydrogen-bond donors (Lipinski definition) is 1. The van der Waals surface area contributed by atoms with Crippen LogP contribution in [0, 0.1) is 5.82 Å². The summed E-state index contributed by atoms with van der Waals surface area (Å²) in [6.07, 6.45) is 0.745. The molecule has 0 atom stereocenters. The Balaban J connectivity index is 2.17. The number of para-hydroxylation sites is 1. The van der Waals surface area contributed by atoms with Crippen molar-refractivity contribution in [2.24, 2.45) is 0 Å². The monoisotopic (exact) mass is 293 g/mol. The van der Waals surface area contributed by atoms with E-state index in [2.05, 4.69) is 4.72 Å². The number of benzene rings is 2. The lowest BCUT2D eigenvalue weighted by atomic mass is 10.1. The van der Waals surface area contributed by atoms with Gasteiger partial charge in [0.15, 0.2) is 0 Å². The fraction of sp³-hybridized carbons (Fsp3) is 0.200. The Kier molecular flexibility index (Phi) is 4.39. The van der Waals surface area contributed by atoms with Crippen molar-refractivity contribution in [1.29, 1.82) is 0 Å². The normalized spacial score (nSPS) is 11.3. The fourth-order valence-electron chi connectivity index (χ4n) is 1.93. The smallest absolute Gasteiger partial charge is 0.236 e. The molecular weight excluding hydrogens is 277 g/mol. The van der Waals surface area contributed by atoms with E-state index in [0.717, 1.165) is 12.0 Å². The van der Waals surface area contributed by atoms with Gasteiger partial charge in [0.2, 0.25) is 10.0 Å². The number of aryl methyl sites for hydroxylation is 1. The molecule has 0 fully saturated rings. The summed E-state index contributed by atoms with van der Waals surface area (Å²) < 4.78 is 39.6. The molecule has 2 rings (SSSR count). The zero-order chi connectivity index (χ0) is 14.6. The average molecular weight is 293 g/mol. The van der Waals surface area contributed by atoms with Gasteiger partial charge >= 0.3 is 0 Å². The number of anilines is 1. The van der Waals surface area contributed by atoms with Crippen LogP contribution in [-0.4, -0.2) is 8.42 Å². The molecule has 0 aliphatic heterocycles. The highest BCUT2D eigenvalue weighted by Crippen LogP contribution is 2.18. The number of sulfonamides is 1. The molecule has 0 aliphatic rings. The second-order valence-corrected chi connectivity index (χ2v) is 6.22. The predicted octanol–water partition coefficient (Wildman–Crippen LogP) is 3.33. The van der Waals surface area contributed by atoms with Gasteiger partial charge in [-0.25, -0.2) is 12.8 Å². The van der Waals surface area contributed by atoms with Crippen molar-refractivity contribution in [3.05, 3.63) is 65.5 Å². The molecule has 1 N–H and O–H groups in total. The summed E-state index contributed by atoms with van der Waals surface area (Å²) in [5, 5.41) is 0. The Morgan fingerprint density at radius 2 is 1.70 bits per heavy atom. The number of rotatable bonds is 5. The lowest BCUT2D eigenvalue weighted by Gasteiger charge is -2.11. The SMILES string of the molecule is CCc1ccccc1NS(=O)(=O)Cc1ccc(F)cc1. The molecule has 20 heavy (non-hydrogen) atoms. The van der Waals surface area contributed by atoms with Gasteiger partial charge in [-0.2, -0.15) is 0 Å². The molecular formula is C15H16FNO2S. The molecule has 2 aromatic rings. The van der Waals surface area contributed by atoms with E-state index in [0.29, 0.717) is 11.3 Å². The summed E-state index contributed by atoms with van der Waals surface area (Å²) in [5.41, 5.74) is 2.08. The van der Waals surface area contributed by atoms with Crippen LogP contribution in [0.2, 0.25) is 0 Å².